The lowest BCUT2D eigenvalue weighted by Gasteiger charge is -2.34. The third kappa shape index (κ3) is 7.25. The van der Waals surface area contributed by atoms with Crippen LogP contribution in [0.2, 0.25) is 0 Å². The molecule has 0 aliphatic carbocycles. The summed E-state index contributed by atoms with van der Waals surface area (Å²) < 4.78 is 42.5. The molecule has 0 spiro atoms. The first kappa shape index (κ1) is 28.3. The number of anilines is 1. The number of carbonyl (C=O) groups is 2. The van der Waals surface area contributed by atoms with Crippen molar-refractivity contribution < 1.29 is 22.4 Å². The van der Waals surface area contributed by atoms with Crippen molar-refractivity contribution in [1.82, 2.24) is 14.5 Å². The number of nitrogens with zero attached hydrogens (tertiary/aromatic N) is 3. The van der Waals surface area contributed by atoms with Crippen LogP contribution >= 0.6 is 0 Å². The van der Waals surface area contributed by atoms with E-state index in [1.54, 1.807) is 6.92 Å². The van der Waals surface area contributed by atoms with E-state index in [1.807, 2.05) is 38.1 Å². The lowest BCUT2D eigenvalue weighted by atomic mass is 10.1. The minimum absolute atomic E-state index is 0.101. The van der Waals surface area contributed by atoms with Crippen LogP contribution in [0.4, 0.5) is 10.1 Å². The summed E-state index contributed by atoms with van der Waals surface area (Å²) in [6.07, 6.45) is 1.06. The van der Waals surface area contributed by atoms with Crippen LogP contribution in [-0.2, 0) is 26.3 Å². The van der Waals surface area contributed by atoms with Gasteiger partial charge >= 0.3 is 10.2 Å². The van der Waals surface area contributed by atoms with Gasteiger partial charge in [0.05, 0.1) is 5.69 Å². The molecule has 35 heavy (non-hydrogen) atoms. The molecule has 0 aromatic heterocycles. The summed E-state index contributed by atoms with van der Waals surface area (Å²) in [4.78, 5) is 28.0. The number of benzene rings is 2. The molecule has 2 aromatic rings. The van der Waals surface area contributed by atoms with E-state index < -0.39 is 34.5 Å². The Hall–Kier alpha value is -2.98. The fourth-order valence-corrected chi connectivity index (χ4v) is 4.60. The Balaban J connectivity index is 2.49. The largest absolute Gasteiger partial charge is 0.354 e. The average molecular weight is 507 g/mol. The maximum Gasteiger partial charge on any atom is 0.304 e. The zero-order chi connectivity index (χ0) is 26.2. The second-order valence-electron chi connectivity index (χ2n) is 8.47. The molecular weight excluding hydrogens is 471 g/mol. The third-order valence-electron chi connectivity index (χ3n) is 5.55. The highest BCUT2D eigenvalue weighted by Gasteiger charge is 2.34. The van der Waals surface area contributed by atoms with Gasteiger partial charge in [0.25, 0.3) is 0 Å². The van der Waals surface area contributed by atoms with Crippen LogP contribution < -0.4 is 9.62 Å². The molecule has 0 radical (unpaired) electrons. The summed E-state index contributed by atoms with van der Waals surface area (Å²) in [7, 11) is -1.59. The van der Waals surface area contributed by atoms with Crippen LogP contribution in [0.15, 0.2) is 48.5 Å². The number of aryl methyl sites for hydroxylation is 1. The monoisotopic (exact) mass is 506 g/mol. The smallest absolute Gasteiger partial charge is 0.304 e. The van der Waals surface area contributed by atoms with Crippen LogP contribution in [0.5, 0.6) is 0 Å². The van der Waals surface area contributed by atoms with Gasteiger partial charge in [0, 0.05) is 27.2 Å². The minimum atomic E-state index is -4.21. The van der Waals surface area contributed by atoms with Crippen LogP contribution in [0.25, 0.3) is 0 Å². The highest BCUT2D eigenvalue weighted by atomic mass is 32.2. The number of para-hydroxylation sites is 1. The van der Waals surface area contributed by atoms with Crippen molar-refractivity contribution in [2.24, 2.45) is 0 Å². The SMILES string of the molecule is CCCNC(=O)[C@@H](CC)N(Cc1ccc(C)cc1)C(=O)CN(c1ccccc1F)S(=O)(=O)N(C)C. The highest BCUT2D eigenvalue weighted by molar-refractivity contribution is 7.90. The molecule has 2 amide bonds. The molecule has 0 unspecified atom stereocenters. The van der Waals surface area contributed by atoms with E-state index in [0.29, 0.717) is 13.0 Å². The molecule has 0 bridgehead atoms. The predicted molar refractivity (Wildman–Crippen MR) is 135 cm³/mol. The Morgan fingerprint density at radius 3 is 2.20 bits per heavy atom. The van der Waals surface area contributed by atoms with Gasteiger partial charge in [0.15, 0.2) is 0 Å². The van der Waals surface area contributed by atoms with Crippen LogP contribution in [0.1, 0.15) is 37.8 Å². The lowest BCUT2D eigenvalue weighted by molar-refractivity contribution is -0.140. The number of nitrogens with one attached hydrogen (secondary N) is 1. The van der Waals surface area contributed by atoms with Crippen molar-refractivity contribution in [3.63, 3.8) is 0 Å². The summed E-state index contributed by atoms with van der Waals surface area (Å²) in [6, 6.07) is 12.1. The van der Waals surface area contributed by atoms with Crippen LogP contribution in [-0.4, -0.2) is 62.7 Å². The fourth-order valence-electron chi connectivity index (χ4n) is 3.53. The van der Waals surface area contributed by atoms with Crippen molar-refractivity contribution in [3.05, 3.63) is 65.5 Å². The minimum Gasteiger partial charge on any atom is -0.354 e. The van der Waals surface area contributed by atoms with Crippen molar-refractivity contribution in [2.75, 3.05) is 31.5 Å². The molecule has 2 aromatic carbocycles. The van der Waals surface area contributed by atoms with E-state index in [0.717, 1.165) is 32.2 Å². The molecule has 0 aliphatic heterocycles. The zero-order valence-electron chi connectivity index (χ0n) is 21.0. The number of hydrogen-bond acceptors (Lipinski definition) is 4. The maximum atomic E-state index is 14.6. The number of hydrogen-bond donors (Lipinski definition) is 1. The van der Waals surface area contributed by atoms with Gasteiger partial charge in [0.1, 0.15) is 18.4 Å². The Labute approximate surface area is 207 Å². The van der Waals surface area contributed by atoms with E-state index in [1.165, 1.54) is 37.2 Å². The van der Waals surface area contributed by atoms with Gasteiger partial charge < -0.3 is 10.2 Å². The first-order valence-corrected chi connectivity index (χ1v) is 13.0. The lowest BCUT2D eigenvalue weighted by Crippen LogP contribution is -2.53. The quantitative estimate of drug-likeness (QED) is 0.479. The average Bonchev–Trinajstić information content (AvgIpc) is 2.82. The molecule has 10 heteroatoms. The molecule has 1 N–H and O–H groups in total. The molecule has 0 fully saturated rings. The molecule has 0 saturated carbocycles. The second-order valence-corrected chi connectivity index (χ2v) is 10.5. The molecular formula is C25H35FN4O4S. The van der Waals surface area contributed by atoms with Gasteiger partial charge in [-0.2, -0.15) is 12.7 Å². The standard InChI is InChI=1S/C25H35FN4O4S/c1-6-16-27-25(32)22(7-2)29(17-20-14-12-19(3)13-15-20)24(31)18-30(35(33,34)28(4)5)23-11-9-8-10-21(23)26/h8-15,22H,6-7,16-18H2,1-5H3,(H,27,32)/t22-/m1/s1. The molecule has 0 saturated heterocycles. The van der Waals surface area contributed by atoms with Crippen molar-refractivity contribution in [2.45, 2.75) is 46.2 Å². The number of halogens is 1. The van der Waals surface area contributed by atoms with Crippen molar-refractivity contribution in [3.8, 4) is 0 Å². The van der Waals surface area contributed by atoms with E-state index in [4.69, 9.17) is 0 Å². The Kier molecular flexibility index (Phi) is 10.2. The van der Waals surface area contributed by atoms with Gasteiger partial charge in [-0.05, 0) is 37.5 Å². The van der Waals surface area contributed by atoms with Gasteiger partial charge in [-0.15, -0.1) is 0 Å². The topological polar surface area (TPSA) is 90.0 Å². The van der Waals surface area contributed by atoms with E-state index >= 15 is 0 Å². The Morgan fingerprint density at radius 2 is 1.66 bits per heavy atom. The van der Waals surface area contributed by atoms with Gasteiger partial charge in [-0.25, -0.2) is 8.70 Å². The summed E-state index contributed by atoms with van der Waals surface area (Å²) in [5.41, 5.74) is 1.59. The third-order valence-corrected chi connectivity index (χ3v) is 7.35. The molecule has 2 rings (SSSR count). The second kappa shape index (κ2) is 12.6. The van der Waals surface area contributed by atoms with Gasteiger partial charge in [0.2, 0.25) is 11.8 Å². The van der Waals surface area contributed by atoms with Crippen molar-refractivity contribution in [1.29, 1.82) is 0 Å². The summed E-state index contributed by atoms with van der Waals surface area (Å²) in [5, 5.41) is 2.82. The normalized spacial score (nSPS) is 12.3. The number of carbonyl (C=O) groups excluding carboxylic acids is 2. The number of rotatable bonds is 12. The molecule has 8 nitrogen and oxygen atoms in total. The molecule has 192 valence electrons. The highest BCUT2D eigenvalue weighted by Crippen LogP contribution is 2.24. The maximum absolute atomic E-state index is 14.6. The first-order chi connectivity index (χ1) is 16.5. The Bertz CT molecular complexity index is 1110. The van der Waals surface area contributed by atoms with Crippen LogP contribution in [0, 0.1) is 12.7 Å². The zero-order valence-corrected chi connectivity index (χ0v) is 21.8. The molecule has 0 heterocycles. The van der Waals surface area contributed by atoms with Crippen molar-refractivity contribution >= 4 is 27.7 Å². The summed E-state index contributed by atoms with van der Waals surface area (Å²) in [6.45, 7) is 5.55. The summed E-state index contributed by atoms with van der Waals surface area (Å²) in [5.74, 6) is -1.70. The van der Waals surface area contributed by atoms with E-state index in [-0.39, 0.29) is 18.1 Å². The Morgan fingerprint density at radius 1 is 1.03 bits per heavy atom. The van der Waals surface area contributed by atoms with E-state index in [9.17, 15) is 22.4 Å². The number of amides is 2. The predicted octanol–water partition coefficient (Wildman–Crippen LogP) is 3.08. The fraction of sp³-hybridized carbons (Fsp3) is 0.440. The van der Waals surface area contributed by atoms with Gasteiger partial charge in [-0.3, -0.25) is 9.59 Å². The first-order valence-electron chi connectivity index (χ1n) is 11.6. The van der Waals surface area contributed by atoms with Gasteiger partial charge in [-0.1, -0.05) is 55.8 Å². The molecule has 1 atom stereocenters. The van der Waals surface area contributed by atoms with E-state index in [2.05, 4.69) is 5.32 Å². The van der Waals surface area contributed by atoms with Crippen LogP contribution in [0.3, 0.4) is 0 Å². The molecule has 0 aliphatic rings. The summed E-state index contributed by atoms with van der Waals surface area (Å²) >= 11 is 0.